The summed E-state index contributed by atoms with van der Waals surface area (Å²) in [6.45, 7) is -0.596. The maximum atomic E-state index is 10.6. The largest absolute Gasteiger partial charge is 0.479 e. The number of nitro benzene ring substituents is 1. The average Bonchev–Trinajstić information content (AvgIpc) is 2.15. The van der Waals surface area contributed by atoms with E-state index in [9.17, 15) is 14.9 Å². The molecule has 80 valence electrons. The summed E-state index contributed by atoms with van der Waals surface area (Å²) in [6, 6.07) is 4.30. The number of rotatable bonds is 4. The molecule has 0 aliphatic rings. The zero-order valence-electron chi connectivity index (χ0n) is 7.34. The van der Waals surface area contributed by atoms with E-state index in [4.69, 9.17) is 9.84 Å². The van der Waals surface area contributed by atoms with Crippen LogP contribution >= 0.6 is 22.6 Å². The Labute approximate surface area is 98.1 Å². The van der Waals surface area contributed by atoms with Crippen LogP contribution < -0.4 is 4.74 Å². The lowest BCUT2D eigenvalue weighted by Crippen LogP contribution is -2.10. The molecule has 15 heavy (non-hydrogen) atoms. The van der Waals surface area contributed by atoms with Crippen LogP contribution in [0.5, 0.6) is 5.75 Å². The third-order valence-corrected chi connectivity index (χ3v) is 2.14. The van der Waals surface area contributed by atoms with Crippen LogP contribution in [-0.2, 0) is 4.79 Å². The smallest absolute Gasteiger partial charge is 0.341 e. The van der Waals surface area contributed by atoms with E-state index in [-0.39, 0.29) is 11.4 Å². The highest BCUT2D eigenvalue weighted by atomic mass is 127. The zero-order valence-corrected chi connectivity index (χ0v) is 9.50. The second kappa shape index (κ2) is 4.91. The Kier molecular flexibility index (Phi) is 3.83. The van der Waals surface area contributed by atoms with Gasteiger partial charge in [-0.25, -0.2) is 4.79 Å². The molecule has 1 N–H and O–H groups in total. The molecule has 1 rings (SSSR count). The minimum atomic E-state index is -1.18. The van der Waals surface area contributed by atoms with Crippen molar-refractivity contribution in [2.24, 2.45) is 0 Å². The first-order valence-corrected chi connectivity index (χ1v) is 4.87. The van der Waals surface area contributed by atoms with E-state index in [2.05, 4.69) is 0 Å². The lowest BCUT2D eigenvalue weighted by molar-refractivity contribution is -0.385. The highest BCUT2D eigenvalue weighted by Crippen LogP contribution is 2.28. The number of hydrogen-bond donors (Lipinski definition) is 1. The molecule has 0 amide bonds. The number of nitrogens with zero attached hydrogens (tertiary/aromatic N) is 1. The highest BCUT2D eigenvalue weighted by Gasteiger charge is 2.16. The summed E-state index contributed by atoms with van der Waals surface area (Å²) < 4.78 is 5.45. The molecule has 0 fully saturated rings. The van der Waals surface area contributed by atoms with Crippen molar-refractivity contribution in [2.45, 2.75) is 0 Å². The van der Waals surface area contributed by atoms with Gasteiger partial charge in [-0.15, -0.1) is 0 Å². The van der Waals surface area contributed by atoms with Crippen LogP contribution in [0.15, 0.2) is 18.2 Å². The zero-order chi connectivity index (χ0) is 11.4. The number of carbonyl (C=O) groups is 1. The molecular weight excluding hydrogens is 317 g/mol. The Morgan fingerprint density at radius 3 is 2.80 bits per heavy atom. The number of carboxylic acids is 1. The molecule has 1 aromatic carbocycles. The fraction of sp³-hybridized carbons (Fsp3) is 0.125. The SMILES string of the molecule is O=C(O)COc1ccc(I)cc1[N+](=O)[O-]. The predicted molar refractivity (Wildman–Crippen MR) is 58.9 cm³/mol. The quantitative estimate of drug-likeness (QED) is 0.517. The highest BCUT2D eigenvalue weighted by molar-refractivity contribution is 14.1. The van der Waals surface area contributed by atoms with Crippen LogP contribution in [0.25, 0.3) is 0 Å². The van der Waals surface area contributed by atoms with Gasteiger partial charge in [0.1, 0.15) is 0 Å². The van der Waals surface area contributed by atoms with E-state index in [1.54, 1.807) is 6.07 Å². The monoisotopic (exact) mass is 323 g/mol. The first-order valence-electron chi connectivity index (χ1n) is 3.79. The van der Waals surface area contributed by atoms with Gasteiger partial charge in [-0.05, 0) is 34.7 Å². The Morgan fingerprint density at radius 1 is 1.60 bits per heavy atom. The molecule has 0 radical (unpaired) electrons. The summed E-state index contributed by atoms with van der Waals surface area (Å²) in [5, 5.41) is 19.0. The van der Waals surface area contributed by atoms with Gasteiger partial charge in [0.25, 0.3) is 0 Å². The molecule has 0 saturated carbocycles. The van der Waals surface area contributed by atoms with Gasteiger partial charge in [0.2, 0.25) is 0 Å². The normalized spacial score (nSPS) is 9.67. The lowest BCUT2D eigenvalue weighted by Gasteiger charge is -2.03. The van der Waals surface area contributed by atoms with E-state index in [0.29, 0.717) is 3.57 Å². The van der Waals surface area contributed by atoms with Gasteiger partial charge in [0.15, 0.2) is 12.4 Å². The number of carboxylic acid groups (broad SMARTS) is 1. The molecule has 0 atom stereocenters. The predicted octanol–water partition coefficient (Wildman–Crippen LogP) is 1.66. The molecule has 6 nitrogen and oxygen atoms in total. The van der Waals surface area contributed by atoms with Crippen LogP contribution in [0, 0.1) is 13.7 Å². The Bertz CT molecular complexity index is 406. The Morgan fingerprint density at radius 2 is 2.27 bits per heavy atom. The molecular formula is C8H6INO5. The van der Waals surface area contributed by atoms with E-state index in [1.165, 1.54) is 12.1 Å². The molecule has 0 bridgehead atoms. The third kappa shape index (κ3) is 3.35. The van der Waals surface area contributed by atoms with Crippen molar-refractivity contribution in [3.05, 3.63) is 31.9 Å². The van der Waals surface area contributed by atoms with Crippen molar-refractivity contribution in [2.75, 3.05) is 6.61 Å². The number of hydrogen-bond acceptors (Lipinski definition) is 4. The lowest BCUT2D eigenvalue weighted by atomic mass is 10.3. The standard InChI is InChI=1S/C8H6INO5/c9-5-1-2-7(15-4-8(11)12)6(3-5)10(13)14/h1-3H,4H2,(H,11,12). The molecule has 0 unspecified atom stereocenters. The van der Waals surface area contributed by atoms with Crippen molar-refractivity contribution in [3.63, 3.8) is 0 Å². The van der Waals surface area contributed by atoms with E-state index in [1.807, 2.05) is 22.6 Å². The topological polar surface area (TPSA) is 89.7 Å². The molecule has 0 spiro atoms. The number of nitro groups is 1. The second-order valence-electron chi connectivity index (χ2n) is 2.55. The van der Waals surface area contributed by atoms with E-state index >= 15 is 0 Å². The fourth-order valence-corrected chi connectivity index (χ4v) is 1.37. The van der Waals surface area contributed by atoms with Crippen molar-refractivity contribution in [1.82, 2.24) is 0 Å². The van der Waals surface area contributed by atoms with E-state index in [0.717, 1.165) is 0 Å². The minimum Gasteiger partial charge on any atom is -0.479 e. The van der Waals surface area contributed by atoms with Gasteiger partial charge in [-0.1, -0.05) is 0 Å². The second-order valence-corrected chi connectivity index (χ2v) is 3.80. The molecule has 1 aromatic rings. The van der Waals surface area contributed by atoms with Crippen LogP contribution in [0.4, 0.5) is 5.69 Å². The van der Waals surface area contributed by atoms with Crippen LogP contribution in [0.2, 0.25) is 0 Å². The first-order chi connectivity index (χ1) is 7.00. The van der Waals surface area contributed by atoms with Crippen LogP contribution in [-0.4, -0.2) is 22.6 Å². The van der Waals surface area contributed by atoms with Gasteiger partial charge in [0, 0.05) is 9.64 Å². The maximum absolute atomic E-state index is 10.6. The average molecular weight is 323 g/mol. The molecule has 0 heterocycles. The number of benzene rings is 1. The van der Waals surface area contributed by atoms with Gasteiger partial charge in [-0.3, -0.25) is 10.1 Å². The molecule has 0 aliphatic carbocycles. The van der Waals surface area contributed by atoms with Crippen molar-refractivity contribution >= 4 is 34.2 Å². The summed E-state index contributed by atoms with van der Waals surface area (Å²) in [5.41, 5.74) is -0.233. The van der Waals surface area contributed by atoms with Crippen molar-refractivity contribution in [1.29, 1.82) is 0 Å². The van der Waals surface area contributed by atoms with Crippen molar-refractivity contribution < 1.29 is 19.6 Å². The minimum absolute atomic E-state index is 0.0391. The van der Waals surface area contributed by atoms with Crippen molar-refractivity contribution in [3.8, 4) is 5.75 Å². The third-order valence-electron chi connectivity index (χ3n) is 1.47. The number of halogens is 1. The molecule has 0 aliphatic heterocycles. The number of ether oxygens (including phenoxy) is 1. The van der Waals surface area contributed by atoms with Gasteiger partial charge < -0.3 is 9.84 Å². The summed E-state index contributed by atoms with van der Waals surface area (Å²) in [6.07, 6.45) is 0. The van der Waals surface area contributed by atoms with Crippen LogP contribution in [0.3, 0.4) is 0 Å². The number of aliphatic carboxylic acids is 1. The van der Waals surface area contributed by atoms with Crippen LogP contribution in [0.1, 0.15) is 0 Å². The Balaban J connectivity index is 2.95. The van der Waals surface area contributed by atoms with Gasteiger partial charge in [-0.2, -0.15) is 0 Å². The summed E-state index contributed by atoms with van der Waals surface area (Å²) >= 11 is 1.92. The molecule has 0 saturated heterocycles. The fourth-order valence-electron chi connectivity index (χ4n) is 0.895. The summed E-state index contributed by atoms with van der Waals surface area (Å²) in [5.74, 6) is -1.22. The van der Waals surface area contributed by atoms with E-state index < -0.39 is 17.5 Å². The first kappa shape index (κ1) is 11.7. The summed E-state index contributed by atoms with van der Waals surface area (Å²) in [7, 11) is 0. The summed E-state index contributed by atoms with van der Waals surface area (Å²) in [4.78, 5) is 20.2. The Hall–Kier alpha value is -1.38. The molecule has 0 aromatic heterocycles. The van der Waals surface area contributed by atoms with Gasteiger partial charge >= 0.3 is 11.7 Å². The molecule has 7 heteroatoms. The maximum Gasteiger partial charge on any atom is 0.341 e. The van der Waals surface area contributed by atoms with Gasteiger partial charge in [0.05, 0.1) is 4.92 Å².